The smallest absolute Gasteiger partial charge is 0.337 e. The first kappa shape index (κ1) is 24.2. The molecule has 0 aliphatic heterocycles. The van der Waals surface area contributed by atoms with Crippen molar-refractivity contribution < 1.29 is 19.1 Å². The van der Waals surface area contributed by atoms with Gasteiger partial charge >= 0.3 is 5.97 Å². The van der Waals surface area contributed by atoms with E-state index in [4.69, 9.17) is 4.74 Å². The van der Waals surface area contributed by atoms with E-state index in [2.05, 4.69) is 29.2 Å². The number of ether oxygens (including phenoxy) is 2. The van der Waals surface area contributed by atoms with E-state index >= 15 is 0 Å². The Balaban J connectivity index is 0.00000132. The van der Waals surface area contributed by atoms with Gasteiger partial charge in [0.2, 0.25) is 0 Å². The molecule has 0 heterocycles. The predicted molar refractivity (Wildman–Crippen MR) is 117 cm³/mol. The quantitative estimate of drug-likeness (QED) is 0.490. The van der Waals surface area contributed by atoms with Crippen LogP contribution >= 0.6 is 0 Å². The van der Waals surface area contributed by atoms with Gasteiger partial charge in [0.15, 0.2) is 0 Å². The Morgan fingerprint density at radius 3 is 2.00 bits per heavy atom. The van der Waals surface area contributed by atoms with Crippen LogP contribution in [0.25, 0.3) is 0 Å². The number of hydrogen-bond acceptors (Lipinski definition) is 5. The van der Waals surface area contributed by atoms with Crippen LogP contribution in [0.15, 0.2) is 48.5 Å². The van der Waals surface area contributed by atoms with E-state index < -0.39 is 0 Å². The van der Waals surface area contributed by atoms with Crippen LogP contribution in [-0.4, -0.2) is 45.3 Å². The van der Waals surface area contributed by atoms with E-state index in [1.165, 1.54) is 13.5 Å². The fraction of sp³-hybridized carbons (Fsp3) is 0.391. The highest BCUT2D eigenvalue weighted by atomic mass is 16.5. The zero-order valence-corrected chi connectivity index (χ0v) is 17.8. The molecule has 2 N–H and O–H groups in total. The molecule has 2 rings (SSSR count). The number of aryl methyl sites for hydroxylation is 1. The molecule has 1 amide bonds. The summed E-state index contributed by atoms with van der Waals surface area (Å²) in [7, 11) is 1.36. The average molecular weight is 401 g/mol. The second kappa shape index (κ2) is 14.2. The van der Waals surface area contributed by atoms with Gasteiger partial charge in [0.1, 0.15) is 0 Å². The summed E-state index contributed by atoms with van der Waals surface area (Å²) in [6.45, 7) is 8.28. The summed E-state index contributed by atoms with van der Waals surface area (Å²) < 4.78 is 10.1. The number of esters is 1. The highest BCUT2D eigenvalue weighted by molar-refractivity contribution is 5.94. The van der Waals surface area contributed by atoms with Crippen LogP contribution in [0.1, 0.15) is 46.5 Å². The number of benzene rings is 2. The van der Waals surface area contributed by atoms with Gasteiger partial charge in [-0.1, -0.05) is 38.0 Å². The Kier molecular flexibility index (Phi) is 11.8. The number of carbonyl (C=O) groups is 2. The van der Waals surface area contributed by atoms with Crippen LogP contribution in [0, 0.1) is 6.92 Å². The van der Waals surface area contributed by atoms with Crippen molar-refractivity contribution in [2.24, 2.45) is 0 Å². The second-order valence-electron chi connectivity index (χ2n) is 6.44. The molecule has 0 atom stereocenters. The number of nitrogens with one attached hydrogen (secondary N) is 2. The number of amides is 1. The second-order valence-corrected chi connectivity index (χ2v) is 6.44. The minimum absolute atomic E-state index is 0.0996. The van der Waals surface area contributed by atoms with Crippen molar-refractivity contribution in [3.8, 4) is 0 Å². The summed E-state index contributed by atoms with van der Waals surface area (Å²) in [6, 6.07) is 14.5. The molecule has 0 aromatic heterocycles. The van der Waals surface area contributed by atoms with Gasteiger partial charge in [-0.15, -0.1) is 0 Å². The van der Waals surface area contributed by atoms with Gasteiger partial charge in [-0.05, 0) is 43.3 Å². The van der Waals surface area contributed by atoms with Crippen molar-refractivity contribution >= 4 is 17.6 Å². The van der Waals surface area contributed by atoms with Crippen molar-refractivity contribution in [2.45, 2.75) is 27.2 Å². The zero-order valence-electron chi connectivity index (χ0n) is 17.8. The summed E-state index contributed by atoms with van der Waals surface area (Å²) >= 11 is 0. The van der Waals surface area contributed by atoms with E-state index in [0.717, 1.165) is 11.3 Å². The lowest BCUT2D eigenvalue weighted by atomic mass is 10.1. The third-order valence-corrected chi connectivity index (χ3v) is 3.73. The van der Waals surface area contributed by atoms with Gasteiger partial charge in [0.05, 0.1) is 25.9 Å². The Morgan fingerprint density at radius 2 is 1.41 bits per heavy atom. The molecule has 0 fully saturated rings. The molecule has 6 nitrogen and oxygen atoms in total. The Morgan fingerprint density at radius 1 is 0.862 bits per heavy atom. The zero-order chi connectivity index (χ0) is 21.5. The number of hydrogen-bond donors (Lipinski definition) is 2. The maximum absolute atomic E-state index is 11.9. The van der Waals surface area contributed by atoms with Gasteiger partial charge in [0.25, 0.3) is 5.91 Å². The lowest BCUT2D eigenvalue weighted by molar-refractivity contribution is 0.0600. The van der Waals surface area contributed by atoms with E-state index in [1.807, 2.05) is 31.2 Å². The number of methoxy groups -OCH3 is 1. The SMILES string of the molecule is CCC.COC(=O)c1ccc(NCCOCCNC(=O)c2ccc(C)cc2)cc1. The largest absolute Gasteiger partial charge is 0.465 e. The lowest BCUT2D eigenvalue weighted by Gasteiger charge is -2.09. The molecule has 29 heavy (non-hydrogen) atoms. The molecule has 0 aliphatic rings. The summed E-state index contributed by atoms with van der Waals surface area (Å²) in [5, 5.41) is 6.02. The van der Waals surface area contributed by atoms with Gasteiger partial charge in [-0.25, -0.2) is 4.79 Å². The number of rotatable bonds is 9. The van der Waals surface area contributed by atoms with Gasteiger partial charge < -0.3 is 20.1 Å². The average Bonchev–Trinajstić information content (AvgIpc) is 2.74. The number of carbonyl (C=O) groups excluding carboxylic acids is 2. The van der Waals surface area contributed by atoms with Crippen molar-refractivity contribution in [1.29, 1.82) is 0 Å². The molecule has 6 heteroatoms. The third-order valence-electron chi connectivity index (χ3n) is 3.73. The van der Waals surface area contributed by atoms with Crippen molar-refractivity contribution in [3.05, 3.63) is 65.2 Å². The predicted octanol–water partition coefficient (Wildman–Crippen LogP) is 4.06. The molecule has 0 saturated carbocycles. The molecule has 0 aliphatic carbocycles. The molecule has 2 aromatic carbocycles. The number of anilines is 1. The molecule has 0 saturated heterocycles. The maximum Gasteiger partial charge on any atom is 0.337 e. The van der Waals surface area contributed by atoms with E-state index in [1.54, 1.807) is 24.3 Å². The van der Waals surface area contributed by atoms with Crippen LogP contribution in [0.5, 0.6) is 0 Å². The lowest BCUT2D eigenvalue weighted by Crippen LogP contribution is -2.27. The summed E-state index contributed by atoms with van der Waals surface area (Å²) in [6.07, 6.45) is 1.25. The Hall–Kier alpha value is -2.86. The molecule has 0 bridgehead atoms. The van der Waals surface area contributed by atoms with Crippen LogP contribution in [-0.2, 0) is 9.47 Å². The first-order chi connectivity index (χ1) is 14.0. The molecular formula is C23H32N2O4. The highest BCUT2D eigenvalue weighted by Gasteiger charge is 2.05. The summed E-state index contributed by atoms with van der Waals surface area (Å²) in [5.74, 6) is -0.454. The fourth-order valence-electron chi connectivity index (χ4n) is 2.26. The minimum Gasteiger partial charge on any atom is -0.465 e. The molecule has 0 unspecified atom stereocenters. The molecule has 2 aromatic rings. The standard InChI is InChI=1S/C20H24N2O4.C3H8/c1-15-3-5-16(6-4-15)19(23)22-12-14-26-13-11-21-18-9-7-17(8-10-18)20(24)25-2;1-3-2/h3-10,21H,11-14H2,1-2H3,(H,22,23);3H2,1-2H3. The van der Waals surface area contributed by atoms with Crippen LogP contribution in [0.3, 0.4) is 0 Å². The van der Waals surface area contributed by atoms with Crippen LogP contribution in [0.4, 0.5) is 5.69 Å². The van der Waals surface area contributed by atoms with Crippen molar-refractivity contribution in [1.82, 2.24) is 5.32 Å². The molecule has 158 valence electrons. The topological polar surface area (TPSA) is 76.7 Å². The summed E-state index contributed by atoms with van der Waals surface area (Å²) in [5.41, 5.74) is 3.18. The fourth-order valence-corrected chi connectivity index (χ4v) is 2.26. The van der Waals surface area contributed by atoms with Gasteiger partial charge in [-0.2, -0.15) is 0 Å². The molecular weight excluding hydrogens is 368 g/mol. The van der Waals surface area contributed by atoms with Gasteiger partial charge in [0, 0.05) is 24.3 Å². The normalized spacial score (nSPS) is 9.79. The first-order valence-electron chi connectivity index (χ1n) is 9.86. The summed E-state index contributed by atoms with van der Waals surface area (Å²) in [4.78, 5) is 23.3. The minimum atomic E-state index is -0.354. The maximum atomic E-state index is 11.9. The van der Waals surface area contributed by atoms with E-state index in [0.29, 0.717) is 37.4 Å². The van der Waals surface area contributed by atoms with Crippen molar-refractivity contribution in [3.63, 3.8) is 0 Å². The first-order valence-corrected chi connectivity index (χ1v) is 9.86. The van der Waals surface area contributed by atoms with Crippen molar-refractivity contribution in [2.75, 3.05) is 38.7 Å². The monoisotopic (exact) mass is 400 g/mol. The van der Waals surface area contributed by atoms with E-state index in [-0.39, 0.29) is 11.9 Å². The Labute approximate surface area is 173 Å². The van der Waals surface area contributed by atoms with Crippen LogP contribution in [0.2, 0.25) is 0 Å². The van der Waals surface area contributed by atoms with E-state index in [9.17, 15) is 9.59 Å². The molecule has 0 radical (unpaired) electrons. The van der Waals surface area contributed by atoms with Gasteiger partial charge in [-0.3, -0.25) is 4.79 Å². The highest BCUT2D eigenvalue weighted by Crippen LogP contribution is 2.10. The molecule has 0 spiro atoms. The van der Waals surface area contributed by atoms with Crippen LogP contribution < -0.4 is 10.6 Å². The third kappa shape index (κ3) is 9.76. The Bertz CT molecular complexity index is 728.